The van der Waals surface area contributed by atoms with Crippen LogP contribution in [0.1, 0.15) is 25.5 Å². The van der Waals surface area contributed by atoms with Gasteiger partial charge in [0.15, 0.2) is 0 Å². The Labute approximate surface area is 123 Å². The molecule has 0 aliphatic rings. The van der Waals surface area contributed by atoms with Crippen molar-refractivity contribution in [1.29, 1.82) is 0 Å². The molecule has 0 aliphatic carbocycles. The van der Waals surface area contributed by atoms with Crippen LogP contribution in [-0.4, -0.2) is 34.6 Å². The van der Waals surface area contributed by atoms with Crippen molar-refractivity contribution >= 4 is 11.9 Å². The average molecular weight is 292 g/mol. The summed E-state index contributed by atoms with van der Waals surface area (Å²) in [5.74, 6) is 3.89. The first-order valence-electron chi connectivity index (χ1n) is 6.40. The molecular weight excluding hydrogens is 272 g/mol. The minimum Gasteiger partial charge on any atom is -0.478 e. The molecule has 1 rings (SSSR count). The maximum absolute atomic E-state index is 11.8. The second kappa shape index (κ2) is 7.01. The molecule has 0 aromatic heterocycles. The third kappa shape index (κ3) is 4.70. The summed E-state index contributed by atoms with van der Waals surface area (Å²) in [6.45, 7) is 3.66. The Morgan fingerprint density at radius 1 is 1.29 bits per heavy atom. The molecule has 0 fully saturated rings. The number of nitrogens with two attached hydrogens (primary N) is 1. The van der Waals surface area contributed by atoms with Gasteiger partial charge in [-0.1, -0.05) is 30.3 Å². The summed E-state index contributed by atoms with van der Waals surface area (Å²) >= 11 is 0. The normalized spacial score (nSPS) is 13.4. The summed E-state index contributed by atoms with van der Waals surface area (Å²) in [4.78, 5) is 22.2. The molecule has 1 atom stereocenters. The van der Waals surface area contributed by atoms with E-state index in [-0.39, 0.29) is 0 Å². The molecule has 0 bridgehead atoms. The highest BCUT2D eigenvalue weighted by Crippen LogP contribution is 2.32. The average Bonchev–Trinajstić information content (AvgIpc) is 2.43. The molecule has 1 unspecified atom stereocenters. The molecule has 1 aromatic rings. The van der Waals surface area contributed by atoms with Crippen LogP contribution in [0.25, 0.3) is 0 Å². The van der Waals surface area contributed by atoms with E-state index in [0.717, 1.165) is 17.7 Å². The van der Waals surface area contributed by atoms with Crippen molar-refractivity contribution in [2.75, 3.05) is 7.05 Å². The molecule has 21 heavy (non-hydrogen) atoms. The molecule has 6 nitrogen and oxygen atoms in total. The molecule has 0 aliphatic heterocycles. The van der Waals surface area contributed by atoms with Gasteiger partial charge in [0.1, 0.15) is 6.10 Å². The summed E-state index contributed by atoms with van der Waals surface area (Å²) in [5, 5.41) is 10.00. The number of esters is 1. The second-order valence-corrected chi connectivity index (χ2v) is 5.16. The fraction of sp³-hybridized carbons (Fsp3) is 0.333. The largest absolute Gasteiger partial charge is 0.478 e. The number of nitrogens with zero attached hydrogens (tertiary/aromatic N) is 1. The summed E-state index contributed by atoms with van der Waals surface area (Å²) in [5.41, 5.74) is 0.102. The lowest BCUT2D eigenvalue weighted by molar-refractivity contribution is -0.151. The Kier molecular flexibility index (Phi) is 5.63. The van der Waals surface area contributed by atoms with Crippen molar-refractivity contribution in [3.05, 3.63) is 48.0 Å². The molecule has 0 spiro atoms. The quantitative estimate of drug-likeness (QED) is 0.357. The van der Waals surface area contributed by atoms with Crippen molar-refractivity contribution in [2.45, 2.75) is 25.5 Å². The van der Waals surface area contributed by atoms with Crippen molar-refractivity contribution in [3.8, 4) is 0 Å². The van der Waals surface area contributed by atoms with Crippen LogP contribution in [0.5, 0.6) is 0 Å². The van der Waals surface area contributed by atoms with Gasteiger partial charge < -0.3 is 9.84 Å². The Morgan fingerprint density at radius 2 is 1.86 bits per heavy atom. The van der Waals surface area contributed by atoms with Gasteiger partial charge in [-0.05, 0) is 19.4 Å². The van der Waals surface area contributed by atoms with Crippen LogP contribution in [0.15, 0.2) is 42.5 Å². The van der Waals surface area contributed by atoms with Gasteiger partial charge in [-0.2, -0.15) is 0 Å². The number of benzene rings is 1. The van der Waals surface area contributed by atoms with Gasteiger partial charge in [0.25, 0.3) is 0 Å². The highest BCUT2D eigenvalue weighted by Gasteiger charge is 2.36. The molecule has 0 heterocycles. The van der Waals surface area contributed by atoms with E-state index < -0.39 is 23.6 Å². The van der Waals surface area contributed by atoms with E-state index in [4.69, 9.17) is 15.7 Å². The van der Waals surface area contributed by atoms with E-state index in [2.05, 4.69) is 0 Å². The third-order valence-corrected chi connectivity index (χ3v) is 3.25. The number of carbonyl (C=O) groups is 2. The van der Waals surface area contributed by atoms with Gasteiger partial charge in [-0.25, -0.2) is 14.6 Å². The zero-order valence-electron chi connectivity index (χ0n) is 12.3. The lowest BCUT2D eigenvalue weighted by atomic mass is 9.90. The number of hydrazine groups is 1. The highest BCUT2D eigenvalue weighted by atomic mass is 16.5. The van der Waals surface area contributed by atoms with Crippen LogP contribution in [0, 0.1) is 0 Å². The number of carbonyl (C=O) groups excluding carboxylic acids is 1. The molecule has 0 amide bonds. The Balaban J connectivity index is 3.04. The Morgan fingerprint density at radius 3 is 2.33 bits per heavy atom. The first-order valence-corrected chi connectivity index (χ1v) is 6.40. The van der Waals surface area contributed by atoms with Gasteiger partial charge in [0.05, 0.1) is 5.54 Å². The van der Waals surface area contributed by atoms with E-state index in [1.165, 1.54) is 5.01 Å². The SMILES string of the molecule is CN(N)C(C)(C)C(OC(=O)/C=C/C(=O)O)c1ccccc1. The number of rotatable bonds is 6. The van der Waals surface area contributed by atoms with Crippen LogP contribution in [-0.2, 0) is 14.3 Å². The van der Waals surface area contributed by atoms with Gasteiger partial charge in [0.2, 0.25) is 0 Å². The molecular formula is C15H20N2O4. The lowest BCUT2D eigenvalue weighted by Crippen LogP contribution is -2.51. The summed E-state index contributed by atoms with van der Waals surface area (Å²) in [7, 11) is 1.68. The van der Waals surface area contributed by atoms with E-state index in [1.54, 1.807) is 7.05 Å². The molecule has 6 heteroatoms. The van der Waals surface area contributed by atoms with Gasteiger partial charge in [0, 0.05) is 19.2 Å². The first kappa shape index (κ1) is 16.9. The Bertz CT molecular complexity index is 524. The zero-order chi connectivity index (χ0) is 16.0. The summed E-state index contributed by atoms with van der Waals surface area (Å²) in [6.07, 6.45) is 0.980. The van der Waals surface area contributed by atoms with Crippen molar-refractivity contribution < 1.29 is 19.4 Å². The lowest BCUT2D eigenvalue weighted by Gasteiger charge is -2.38. The molecule has 3 N–H and O–H groups in total. The van der Waals surface area contributed by atoms with Crippen LogP contribution in [0.3, 0.4) is 0 Å². The molecule has 114 valence electrons. The van der Waals surface area contributed by atoms with Crippen LogP contribution in [0.2, 0.25) is 0 Å². The zero-order valence-corrected chi connectivity index (χ0v) is 12.3. The van der Waals surface area contributed by atoms with E-state index >= 15 is 0 Å². The third-order valence-electron chi connectivity index (χ3n) is 3.25. The smallest absolute Gasteiger partial charge is 0.331 e. The maximum Gasteiger partial charge on any atom is 0.331 e. The molecule has 1 aromatic carbocycles. The number of hydrogen-bond acceptors (Lipinski definition) is 5. The molecule has 0 saturated heterocycles. The highest BCUT2D eigenvalue weighted by molar-refractivity contribution is 5.90. The fourth-order valence-electron chi connectivity index (χ4n) is 1.73. The van der Waals surface area contributed by atoms with Crippen molar-refractivity contribution in [3.63, 3.8) is 0 Å². The second-order valence-electron chi connectivity index (χ2n) is 5.16. The number of aliphatic carboxylic acids is 1. The van der Waals surface area contributed by atoms with Crippen LogP contribution >= 0.6 is 0 Å². The number of carboxylic acids is 1. The van der Waals surface area contributed by atoms with Crippen LogP contribution in [0.4, 0.5) is 0 Å². The minimum atomic E-state index is -1.21. The molecule has 0 saturated carbocycles. The van der Waals surface area contributed by atoms with E-state index in [1.807, 2.05) is 44.2 Å². The summed E-state index contributed by atoms with van der Waals surface area (Å²) < 4.78 is 5.40. The van der Waals surface area contributed by atoms with E-state index in [0.29, 0.717) is 0 Å². The van der Waals surface area contributed by atoms with Gasteiger partial charge >= 0.3 is 11.9 Å². The molecule has 0 radical (unpaired) electrons. The predicted molar refractivity (Wildman–Crippen MR) is 78.1 cm³/mol. The van der Waals surface area contributed by atoms with Gasteiger partial charge in [-0.3, -0.25) is 5.84 Å². The predicted octanol–water partition coefficient (Wildman–Crippen LogP) is 1.50. The van der Waals surface area contributed by atoms with E-state index in [9.17, 15) is 9.59 Å². The van der Waals surface area contributed by atoms with Crippen molar-refractivity contribution in [1.82, 2.24) is 5.01 Å². The maximum atomic E-state index is 11.8. The summed E-state index contributed by atoms with van der Waals surface area (Å²) in [6, 6.07) is 9.16. The van der Waals surface area contributed by atoms with Crippen LogP contribution < -0.4 is 5.84 Å². The number of ether oxygens (including phenoxy) is 1. The minimum absolute atomic E-state index is 0.639. The number of hydrogen-bond donors (Lipinski definition) is 2. The fourth-order valence-corrected chi connectivity index (χ4v) is 1.73. The monoisotopic (exact) mass is 292 g/mol. The number of likely N-dealkylation sites (N-methyl/N-ethyl adjacent to an activating group) is 1. The van der Waals surface area contributed by atoms with Gasteiger partial charge in [-0.15, -0.1) is 0 Å². The number of carboxylic acid groups (broad SMARTS) is 1. The first-order chi connectivity index (χ1) is 9.75. The Hall–Kier alpha value is -2.18. The standard InChI is InChI=1S/C15H20N2O4/c1-15(2,17(3)16)14(11-7-5-4-6-8-11)21-13(20)10-9-12(18)19/h4-10,14H,16H2,1-3H3,(H,18,19)/b10-9+. The van der Waals surface area contributed by atoms with Crippen molar-refractivity contribution in [2.24, 2.45) is 5.84 Å². The topological polar surface area (TPSA) is 92.9 Å².